The van der Waals surface area contributed by atoms with Crippen molar-refractivity contribution in [1.29, 1.82) is 0 Å². The van der Waals surface area contributed by atoms with E-state index in [-0.39, 0.29) is 0 Å². The highest BCUT2D eigenvalue weighted by Crippen LogP contribution is 2.06. The zero-order chi connectivity index (χ0) is 11.2. The molecule has 1 nitrogen and oxygen atoms in total. The summed E-state index contributed by atoms with van der Waals surface area (Å²) in [6.45, 7) is 4.69. The van der Waals surface area contributed by atoms with Gasteiger partial charge in [-0.05, 0) is 32.4 Å². The Bertz CT molecular complexity index is 94.7. The van der Waals surface area contributed by atoms with Gasteiger partial charge in [0.1, 0.15) is 0 Å². The minimum Gasteiger partial charge on any atom is -0.317 e. The average molecular weight is 278 g/mol. The highest BCUT2D eigenvalue weighted by molar-refractivity contribution is 9.09. The second-order valence-electron chi connectivity index (χ2n) is 4.27. The molecule has 0 fully saturated rings. The quantitative estimate of drug-likeness (QED) is 0.409. The Balaban J connectivity index is 2.81. The van der Waals surface area contributed by atoms with Crippen LogP contribution in [0.4, 0.5) is 0 Å². The fraction of sp³-hybridized carbons (Fsp3) is 1.00. The number of hydrogen-bond donors (Lipinski definition) is 1. The minimum absolute atomic E-state index is 1.14. The average Bonchev–Trinajstić information content (AvgIpc) is 2.26. The van der Waals surface area contributed by atoms with E-state index in [0.717, 1.165) is 5.33 Å². The van der Waals surface area contributed by atoms with Gasteiger partial charge in [-0.1, -0.05) is 61.4 Å². The fourth-order valence-corrected chi connectivity index (χ4v) is 2.07. The molecule has 0 amide bonds. The van der Waals surface area contributed by atoms with Crippen molar-refractivity contribution in [2.75, 3.05) is 18.4 Å². The van der Waals surface area contributed by atoms with Gasteiger partial charge in [-0.2, -0.15) is 0 Å². The van der Waals surface area contributed by atoms with Gasteiger partial charge < -0.3 is 5.32 Å². The predicted molar refractivity (Wildman–Crippen MR) is 73.9 cm³/mol. The molecule has 0 heterocycles. The van der Waals surface area contributed by atoms with E-state index >= 15 is 0 Å². The van der Waals surface area contributed by atoms with Gasteiger partial charge in [-0.15, -0.1) is 0 Å². The molecule has 0 aromatic rings. The summed E-state index contributed by atoms with van der Waals surface area (Å²) >= 11 is 3.45. The Kier molecular flexibility index (Phi) is 14.9. The van der Waals surface area contributed by atoms with E-state index in [4.69, 9.17) is 0 Å². The maximum atomic E-state index is 3.50. The van der Waals surface area contributed by atoms with Crippen LogP contribution in [-0.2, 0) is 0 Å². The number of nitrogens with one attached hydrogen (secondary N) is 1. The molecule has 0 rings (SSSR count). The van der Waals surface area contributed by atoms with E-state index in [0.29, 0.717) is 0 Å². The molecule has 0 saturated heterocycles. The van der Waals surface area contributed by atoms with E-state index in [1.807, 2.05) is 0 Å². The van der Waals surface area contributed by atoms with Gasteiger partial charge in [-0.3, -0.25) is 0 Å². The molecule has 0 unspecified atom stereocenters. The molecule has 0 aromatic carbocycles. The topological polar surface area (TPSA) is 12.0 Å². The zero-order valence-electron chi connectivity index (χ0n) is 10.4. The summed E-state index contributed by atoms with van der Waals surface area (Å²) in [5, 5.41) is 4.65. The fourth-order valence-electron chi connectivity index (χ4n) is 1.68. The van der Waals surface area contributed by atoms with Gasteiger partial charge in [0, 0.05) is 5.33 Å². The van der Waals surface area contributed by atoms with Crippen LogP contribution in [0.15, 0.2) is 0 Å². The van der Waals surface area contributed by atoms with Gasteiger partial charge in [0.05, 0.1) is 0 Å². The first-order valence-corrected chi connectivity index (χ1v) is 7.80. The molecule has 0 aliphatic rings. The molecule has 2 heteroatoms. The molecule has 1 N–H and O–H groups in total. The molecule has 15 heavy (non-hydrogen) atoms. The Labute approximate surface area is 105 Å². The summed E-state index contributed by atoms with van der Waals surface area (Å²) in [6, 6.07) is 0. The first kappa shape index (κ1) is 15.4. The van der Waals surface area contributed by atoms with Crippen LogP contribution >= 0.6 is 15.9 Å². The van der Waals surface area contributed by atoms with E-state index in [9.17, 15) is 0 Å². The lowest BCUT2D eigenvalue weighted by Crippen LogP contribution is -2.16. The second-order valence-corrected chi connectivity index (χ2v) is 5.06. The summed E-state index contributed by atoms with van der Waals surface area (Å²) in [5.74, 6) is 0. The largest absolute Gasteiger partial charge is 0.317 e. The Morgan fingerprint density at radius 3 is 1.87 bits per heavy atom. The molecule has 0 radical (unpaired) electrons. The molecule has 0 atom stereocenters. The first-order chi connectivity index (χ1) is 7.41. The lowest BCUT2D eigenvalue weighted by Gasteiger charge is -2.03. The zero-order valence-corrected chi connectivity index (χ0v) is 11.9. The first-order valence-electron chi connectivity index (χ1n) is 6.68. The van der Waals surface area contributed by atoms with Crippen molar-refractivity contribution in [2.24, 2.45) is 0 Å². The Morgan fingerprint density at radius 1 is 0.733 bits per heavy atom. The number of unbranched alkanes of at least 4 members (excludes halogenated alkanes) is 7. The normalized spacial score (nSPS) is 10.8. The van der Waals surface area contributed by atoms with Crippen LogP contribution in [0.5, 0.6) is 0 Å². The SMILES string of the molecule is CCCCCCCCCNCCCCBr. The summed E-state index contributed by atoms with van der Waals surface area (Å²) in [4.78, 5) is 0. The van der Waals surface area contributed by atoms with Crippen LogP contribution in [0.2, 0.25) is 0 Å². The van der Waals surface area contributed by atoms with Gasteiger partial charge in [0.25, 0.3) is 0 Å². The highest BCUT2D eigenvalue weighted by Gasteiger charge is 1.91. The number of hydrogen-bond acceptors (Lipinski definition) is 1. The Hall–Kier alpha value is 0.440. The third kappa shape index (κ3) is 14.4. The van der Waals surface area contributed by atoms with Crippen LogP contribution in [0, 0.1) is 0 Å². The van der Waals surface area contributed by atoms with Crippen molar-refractivity contribution in [2.45, 2.75) is 64.7 Å². The lowest BCUT2D eigenvalue weighted by molar-refractivity contribution is 0.556. The maximum Gasteiger partial charge on any atom is 0.00317 e. The summed E-state index contributed by atoms with van der Waals surface area (Å²) in [6.07, 6.45) is 12.5. The third-order valence-corrected chi connectivity index (χ3v) is 3.26. The summed E-state index contributed by atoms with van der Waals surface area (Å²) in [7, 11) is 0. The van der Waals surface area contributed by atoms with Gasteiger partial charge in [0.2, 0.25) is 0 Å². The number of halogens is 1. The molecule has 0 spiro atoms. The molecule has 0 aliphatic heterocycles. The molecular weight excluding hydrogens is 250 g/mol. The van der Waals surface area contributed by atoms with E-state index in [2.05, 4.69) is 28.2 Å². The smallest absolute Gasteiger partial charge is 0.00317 e. The second kappa shape index (κ2) is 14.4. The molecule has 92 valence electrons. The summed E-state index contributed by atoms with van der Waals surface area (Å²) in [5.41, 5.74) is 0. The number of alkyl halides is 1. The van der Waals surface area contributed by atoms with Crippen LogP contribution in [0.25, 0.3) is 0 Å². The van der Waals surface area contributed by atoms with E-state index in [1.54, 1.807) is 0 Å². The Morgan fingerprint density at radius 2 is 1.27 bits per heavy atom. The standard InChI is InChI=1S/C13H28BrN/c1-2-3-4-5-6-7-9-12-15-13-10-8-11-14/h15H,2-13H2,1H3. The van der Waals surface area contributed by atoms with Crippen molar-refractivity contribution in [3.63, 3.8) is 0 Å². The number of rotatable bonds is 12. The van der Waals surface area contributed by atoms with E-state index < -0.39 is 0 Å². The van der Waals surface area contributed by atoms with Gasteiger partial charge >= 0.3 is 0 Å². The van der Waals surface area contributed by atoms with Crippen molar-refractivity contribution >= 4 is 15.9 Å². The van der Waals surface area contributed by atoms with E-state index in [1.165, 1.54) is 70.9 Å². The monoisotopic (exact) mass is 277 g/mol. The van der Waals surface area contributed by atoms with Crippen molar-refractivity contribution in [3.05, 3.63) is 0 Å². The highest BCUT2D eigenvalue weighted by atomic mass is 79.9. The van der Waals surface area contributed by atoms with Gasteiger partial charge in [0.15, 0.2) is 0 Å². The lowest BCUT2D eigenvalue weighted by atomic mass is 10.1. The molecule has 0 aromatic heterocycles. The summed E-state index contributed by atoms with van der Waals surface area (Å²) < 4.78 is 0. The van der Waals surface area contributed by atoms with Crippen LogP contribution < -0.4 is 5.32 Å². The van der Waals surface area contributed by atoms with Crippen LogP contribution in [0.3, 0.4) is 0 Å². The minimum atomic E-state index is 1.14. The molecule has 0 aliphatic carbocycles. The molecule has 0 bridgehead atoms. The molecule has 0 saturated carbocycles. The van der Waals surface area contributed by atoms with Crippen LogP contribution in [0.1, 0.15) is 64.7 Å². The van der Waals surface area contributed by atoms with Crippen molar-refractivity contribution in [1.82, 2.24) is 5.32 Å². The molecular formula is C13H28BrN. The van der Waals surface area contributed by atoms with Crippen LogP contribution in [-0.4, -0.2) is 18.4 Å². The third-order valence-electron chi connectivity index (χ3n) is 2.69. The van der Waals surface area contributed by atoms with Crippen molar-refractivity contribution in [3.8, 4) is 0 Å². The van der Waals surface area contributed by atoms with Crippen molar-refractivity contribution < 1.29 is 0 Å². The predicted octanol–water partition coefficient (Wildman–Crippen LogP) is 4.50. The maximum absolute atomic E-state index is 3.50. The van der Waals surface area contributed by atoms with Gasteiger partial charge in [-0.25, -0.2) is 0 Å².